The number of aliphatic hydroxyl groups excluding tert-OH is 2. The van der Waals surface area contributed by atoms with Gasteiger partial charge >= 0.3 is 0 Å². The van der Waals surface area contributed by atoms with Gasteiger partial charge in [0, 0.05) is 42.9 Å². The molecule has 3 N–H and O–H groups in total. The van der Waals surface area contributed by atoms with E-state index in [0.717, 1.165) is 24.5 Å². The minimum absolute atomic E-state index is 0.00887. The van der Waals surface area contributed by atoms with Crippen molar-refractivity contribution in [2.45, 2.75) is 57.2 Å². The molecule has 1 aromatic heterocycles. The van der Waals surface area contributed by atoms with E-state index in [-0.39, 0.29) is 24.5 Å². The Morgan fingerprint density at radius 1 is 1.15 bits per heavy atom. The van der Waals surface area contributed by atoms with Crippen LogP contribution in [0.2, 0.25) is 0 Å². The van der Waals surface area contributed by atoms with Gasteiger partial charge in [-0.15, -0.1) is 0 Å². The molecule has 0 spiro atoms. The third-order valence-corrected chi connectivity index (χ3v) is 6.20. The van der Waals surface area contributed by atoms with Crippen LogP contribution in [-0.4, -0.2) is 38.9 Å². The summed E-state index contributed by atoms with van der Waals surface area (Å²) in [5.41, 5.74) is 3.56. The van der Waals surface area contributed by atoms with E-state index >= 15 is 0 Å². The highest BCUT2D eigenvalue weighted by molar-refractivity contribution is 5.25. The van der Waals surface area contributed by atoms with Crippen molar-refractivity contribution in [2.24, 2.45) is 11.8 Å². The molecule has 0 amide bonds. The van der Waals surface area contributed by atoms with Gasteiger partial charge in [0.05, 0.1) is 6.10 Å². The molecule has 2 aliphatic carbocycles. The first kappa shape index (κ1) is 18.5. The highest BCUT2D eigenvalue weighted by Crippen LogP contribution is 2.39. The summed E-state index contributed by atoms with van der Waals surface area (Å²) in [6, 6.07) is 10.5. The molecular weight excluding hydrogens is 338 g/mol. The van der Waals surface area contributed by atoms with Crippen LogP contribution in [0.25, 0.3) is 0 Å². The van der Waals surface area contributed by atoms with Crippen LogP contribution in [0.1, 0.15) is 47.8 Å². The maximum absolute atomic E-state index is 10.5. The summed E-state index contributed by atoms with van der Waals surface area (Å²) in [7, 11) is 0. The molecule has 2 fully saturated rings. The molecule has 4 rings (SSSR count). The Labute approximate surface area is 160 Å². The molecule has 2 aromatic rings. The number of hydrogen-bond acceptors (Lipinski definition) is 5. The van der Waals surface area contributed by atoms with Gasteiger partial charge in [-0.1, -0.05) is 24.3 Å². The van der Waals surface area contributed by atoms with Gasteiger partial charge in [0.15, 0.2) is 0 Å². The smallest absolute Gasteiger partial charge is 0.131 e. The van der Waals surface area contributed by atoms with Crippen LogP contribution in [0.5, 0.6) is 0 Å². The van der Waals surface area contributed by atoms with E-state index in [1.54, 1.807) is 0 Å². The lowest BCUT2D eigenvalue weighted by atomic mass is 9.88. The van der Waals surface area contributed by atoms with Gasteiger partial charge in [0.25, 0.3) is 0 Å². The summed E-state index contributed by atoms with van der Waals surface area (Å²) in [5, 5.41) is 24.0. The molecule has 0 aliphatic heterocycles. The second-order valence-electron chi connectivity index (χ2n) is 8.11. The molecule has 27 heavy (non-hydrogen) atoms. The molecule has 2 saturated carbocycles. The minimum atomic E-state index is -0.473. The first-order valence-electron chi connectivity index (χ1n) is 10.0. The fourth-order valence-electron chi connectivity index (χ4n) is 4.33. The summed E-state index contributed by atoms with van der Waals surface area (Å²) in [4.78, 5) is 9.17. The third kappa shape index (κ3) is 4.21. The second-order valence-corrected chi connectivity index (χ2v) is 8.11. The predicted molar refractivity (Wildman–Crippen MR) is 104 cm³/mol. The number of nitrogens with zero attached hydrogens (tertiary/aromatic N) is 2. The number of rotatable bonds is 7. The maximum atomic E-state index is 10.5. The molecule has 0 saturated heterocycles. The molecule has 0 bridgehead atoms. The van der Waals surface area contributed by atoms with E-state index in [0.29, 0.717) is 12.3 Å². The molecule has 0 radical (unpaired) electrons. The number of aromatic nitrogens is 2. The lowest BCUT2D eigenvalue weighted by Gasteiger charge is -2.25. The van der Waals surface area contributed by atoms with Crippen LogP contribution >= 0.6 is 0 Å². The first-order valence-corrected chi connectivity index (χ1v) is 10.0. The van der Waals surface area contributed by atoms with Crippen molar-refractivity contribution in [3.8, 4) is 0 Å². The molecule has 2 aliphatic rings. The Balaban J connectivity index is 1.48. The van der Waals surface area contributed by atoms with Crippen molar-refractivity contribution in [2.75, 3.05) is 6.61 Å². The van der Waals surface area contributed by atoms with Gasteiger partial charge in [0.2, 0.25) is 0 Å². The maximum Gasteiger partial charge on any atom is 0.131 e. The zero-order valence-electron chi connectivity index (χ0n) is 15.9. The Morgan fingerprint density at radius 3 is 2.70 bits per heavy atom. The third-order valence-electron chi connectivity index (χ3n) is 6.20. The highest BCUT2D eigenvalue weighted by Gasteiger charge is 2.42. The Morgan fingerprint density at radius 2 is 1.96 bits per heavy atom. The molecule has 5 nitrogen and oxygen atoms in total. The number of benzene rings is 1. The average Bonchev–Trinajstić information content (AvgIpc) is 3.47. The molecule has 5 heteroatoms. The summed E-state index contributed by atoms with van der Waals surface area (Å²) in [6.07, 6.45) is 5.18. The lowest BCUT2D eigenvalue weighted by molar-refractivity contribution is 0.0716. The fourth-order valence-corrected chi connectivity index (χ4v) is 4.33. The van der Waals surface area contributed by atoms with Crippen molar-refractivity contribution in [3.05, 3.63) is 59.2 Å². The Bertz CT molecular complexity index is 778. The highest BCUT2D eigenvalue weighted by atomic mass is 16.3. The zero-order chi connectivity index (χ0) is 18.8. The van der Waals surface area contributed by atoms with Crippen LogP contribution in [0.15, 0.2) is 36.5 Å². The normalized spacial score (nSPS) is 27.8. The SMILES string of the molecule is Cc1ccccc1CN[C@@H]1C[C@@H](O)[C@H](CO)[C@H]1Cc1ccnc(C2CC2)n1. The van der Waals surface area contributed by atoms with E-state index in [1.807, 2.05) is 12.3 Å². The second kappa shape index (κ2) is 8.05. The van der Waals surface area contributed by atoms with E-state index in [1.165, 1.54) is 24.0 Å². The zero-order valence-corrected chi connectivity index (χ0v) is 15.9. The molecule has 144 valence electrons. The van der Waals surface area contributed by atoms with Crippen molar-refractivity contribution in [1.29, 1.82) is 0 Å². The van der Waals surface area contributed by atoms with Crippen LogP contribution < -0.4 is 5.32 Å². The van der Waals surface area contributed by atoms with Crippen LogP contribution in [0, 0.1) is 18.8 Å². The van der Waals surface area contributed by atoms with E-state index < -0.39 is 6.10 Å². The van der Waals surface area contributed by atoms with E-state index in [2.05, 4.69) is 41.5 Å². The van der Waals surface area contributed by atoms with Gasteiger partial charge in [-0.2, -0.15) is 0 Å². The number of nitrogens with one attached hydrogen (secondary N) is 1. The molecule has 1 heterocycles. The van der Waals surface area contributed by atoms with Gasteiger partial charge in [-0.05, 0) is 55.7 Å². The van der Waals surface area contributed by atoms with Gasteiger partial charge in [-0.25, -0.2) is 9.97 Å². The van der Waals surface area contributed by atoms with E-state index in [9.17, 15) is 10.2 Å². The Kier molecular flexibility index (Phi) is 5.53. The van der Waals surface area contributed by atoms with Gasteiger partial charge in [-0.3, -0.25) is 0 Å². The minimum Gasteiger partial charge on any atom is -0.396 e. The topological polar surface area (TPSA) is 78.3 Å². The van der Waals surface area contributed by atoms with E-state index in [4.69, 9.17) is 4.98 Å². The van der Waals surface area contributed by atoms with Crippen molar-refractivity contribution >= 4 is 0 Å². The van der Waals surface area contributed by atoms with Crippen molar-refractivity contribution < 1.29 is 10.2 Å². The van der Waals surface area contributed by atoms with Crippen molar-refractivity contribution in [3.63, 3.8) is 0 Å². The first-order chi connectivity index (χ1) is 13.2. The lowest BCUT2D eigenvalue weighted by Crippen LogP contribution is -2.36. The number of aryl methyl sites for hydroxylation is 1. The average molecular weight is 367 g/mol. The Hall–Kier alpha value is -1.82. The molecule has 0 unspecified atom stereocenters. The molecule has 4 atom stereocenters. The summed E-state index contributed by atoms with van der Waals surface area (Å²) >= 11 is 0. The van der Waals surface area contributed by atoms with Crippen LogP contribution in [-0.2, 0) is 13.0 Å². The van der Waals surface area contributed by atoms with Crippen LogP contribution in [0.3, 0.4) is 0 Å². The standard InChI is InChI=1S/C22H29N3O2/c1-14-4-2-3-5-16(14)12-24-20-11-21(27)19(13-26)18(20)10-17-8-9-23-22(25-17)15-6-7-15/h2-5,8-9,15,18-21,24,26-27H,6-7,10-13H2,1H3/t18-,19-,20-,21-/m1/s1. The van der Waals surface area contributed by atoms with Gasteiger partial charge in [0.1, 0.15) is 5.82 Å². The predicted octanol–water partition coefficient (Wildman–Crippen LogP) is 2.35. The molecular formula is C22H29N3O2. The summed E-state index contributed by atoms with van der Waals surface area (Å²) in [6.45, 7) is 2.90. The largest absolute Gasteiger partial charge is 0.396 e. The fraction of sp³-hybridized carbons (Fsp3) is 0.545. The van der Waals surface area contributed by atoms with Crippen molar-refractivity contribution in [1.82, 2.24) is 15.3 Å². The molecule has 1 aromatic carbocycles. The monoisotopic (exact) mass is 367 g/mol. The summed E-state index contributed by atoms with van der Waals surface area (Å²) < 4.78 is 0. The quantitative estimate of drug-likeness (QED) is 0.700. The number of aliphatic hydroxyl groups is 2. The summed E-state index contributed by atoms with van der Waals surface area (Å²) in [5.74, 6) is 1.54. The number of hydrogen-bond donors (Lipinski definition) is 3. The van der Waals surface area contributed by atoms with Crippen LogP contribution in [0.4, 0.5) is 0 Å². The van der Waals surface area contributed by atoms with Gasteiger partial charge < -0.3 is 15.5 Å².